The van der Waals surface area contributed by atoms with E-state index in [4.69, 9.17) is 0 Å². The zero-order valence-corrected chi connectivity index (χ0v) is 14.2. The molecule has 1 atom stereocenters. The first-order chi connectivity index (χ1) is 9.61. The van der Waals surface area contributed by atoms with Crippen molar-refractivity contribution in [1.82, 2.24) is 20.0 Å². The molecule has 1 unspecified atom stereocenters. The Bertz CT molecular complexity index is 225. The van der Waals surface area contributed by atoms with Gasteiger partial charge in [-0.15, -0.1) is 0 Å². The summed E-state index contributed by atoms with van der Waals surface area (Å²) in [5, 5.41) is 3.57. The number of nitrogens with zero attached hydrogens (tertiary/aromatic N) is 3. The van der Waals surface area contributed by atoms with Crippen LogP contribution in [0, 0.1) is 0 Å². The van der Waals surface area contributed by atoms with Gasteiger partial charge in [-0.25, -0.2) is 0 Å². The standard InChI is InChI=1S/C16H36N4/c1-5-8-17-16(2)7-6-9-19-12-14-20(15-13-19)11-10-18(3)4/h16-17H,5-15H2,1-4H3. The lowest BCUT2D eigenvalue weighted by molar-refractivity contribution is 0.123. The molecule has 0 bridgehead atoms. The average Bonchev–Trinajstić information content (AvgIpc) is 2.44. The molecule has 20 heavy (non-hydrogen) atoms. The fraction of sp³-hybridized carbons (Fsp3) is 1.00. The Kier molecular flexibility index (Phi) is 9.44. The summed E-state index contributed by atoms with van der Waals surface area (Å²) in [5.41, 5.74) is 0. The third kappa shape index (κ3) is 8.20. The molecule has 1 aliphatic rings. The Morgan fingerprint density at radius 1 is 1.05 bits per heavy atom. The lowest BCUT2D eigenvalue weighted by atomic mass is 10.1. The van der Waals surface area contributed by atoms with E-state index < -0.39 is 0 Å². The monoisotopic (exact) mass is 284 g/mol. The van der Waals surface area contributed by atoms with Crippen LogP contribution in [0.1, 0.15) is 33.1 Å². The van der Waals surface area contributed by atoms with Gasteiger partial charge in [0.25, 0.3) is 0 Å². The molecule has 4 heteroatoms. The minimum absolute atomic E-state index is 0.677. The van der Waals surface area contributed by atoms with Crippen molar-refractivity contribution in [3.63, 3.8) is 0 Å². The molecular weight excluding hydrogens is 248 g/mol. The maximum atomic E-state index is 3.57. The molecular formula is C16H36N4. The van der Waals surface area contributed by atoms with Crippen LogP contribution in [-0.4, -0.2) is 87.2 Å². The van der Waals surface area contributed by atoms with Crippen molar-refractivity contribution in [1.29, 1.82) is 0 Å². The highest BCUT2D eigenvalue weighted by molar-refractivity contribution is 4.73. The third-order valence-electron chi connectivity index (χ3n) is 4.18. The summed E-state index contributed by atoms with van der Waals surface area (Å²) in [6.45, 7) is 14.4. The van der Waals surface area contributed by atoms with E-state index in [1.807, 2.05) is 0 Å². The number of hydrogen-bond donors (Lipinski definition) is 1. The molecule has 1 N–H and O–H groups in total. The highest BCUT2D eigenvalue weighted by Gasteiger charge is 2.16. The number of likely N-dealkylation sites (N-methyl/N-ethyl adjacent to an activating group) is 1. The Morgan fingerprint density at radius 2 is 1.65 bits per heavy atom. The van der Waals surface area contributed by atoms with Gasteiger partial charge >= 0.3 is 0 Å². The van der Waals surface area contributed by atoms with Gasteiger partial charge in [0.1, 0.15) is 0 Å². The van der Waals surface area contributed by atoms with Crippen LogP contribution in [0.5, 0.6) is 0 Å². The quantitative estimate of drug-likeness (QED) is 0.653. The normalized spacial score (nSPS) is 19.6. The molecule has 0 aromatic heterocycles. The van der Waals surface area contributed by atoms with Gasteiger partial charge in [-0.1, -0.05) is 6.92 Å². The molecule has 1 rings (SSSR count). The van der Waals surface area contributed by atoms with Crippen LogP contribution >= 0.6 is 0 Å². The number of piperazine rings is 1. The highest BCUT2D eigenvalue weighted by atomic mass is 15.3. The van der Waals surface area contributed by atoms with Crippen LogP contribution in [-0.2, 0) is 0 Å². The van der Waals surface area contributed by atoms with E-state index in [9.17, 15) is 0 Å². The second kappa shape index (κ2) is 10.6. The first-order valence-corrected chi connectivity index (χ1v) is 8.44. The van der Waals surface area contributed by atoms with E-state index in [-0.39, 0.29) is 0 Å². The molecule has 120 valence electrons. The van der Waals surface area contributed by atoms with Crippen molar-refractivity contribution in [3.05, 3.63) is 0 Å². The van der Waals surface area contributed by atoms with Crippen LogP contribution in [0.15, 0.2) is 0 Å². The molecule has 1 saturated heterocycles. The fourth-order valence-electron chi connectivity index (χ4n) is 2.69. The van der Waals surface area contributed by atoms with E-state index in [0.29, 0.717) is 6.04 Å². The summed E-state index contributed by atoms with van der Waals surface area (Å²) in [7, 11) is 4.31. The number of nitrogens with one attached hydrogen (secondary N) is 1. The van der Waals surface area contributed by atoms with Crippen LogP contribution < -0.4 is 5.32 Å². The van der Waals surface area contributed by atoms with Crippen molar-refractivity contribution in [3.8, 4) is 0 Å². The highest BCUT2D eigenvalue weighted by Crippen LogP contribution is 2.05. The molecule has 0 spiro atoms. The van der Waals surface area contributed by atoms with Crippen LogP contribution in [0.25, 0.3) is 0 Å². The smallest absolute Gasteiger partial charge is 0.0110 e. The van der Waals surface area contributed by atoms with Crippen molar-refractivity contribution >= 4 is 0 Å². The first kappa shape index (κ1) is 17.9. The Labute approximate surface area is 126 Å². The number of rotatable bonds is 10. The first-order valence-electron chi connectivity index (χ1n) is 8.44. The second-order valence-electron chi connectivity index (χ2n) is 6.48. The molecule has 0 aromatic carbocycles. The van der Waals surface area contributed by atoms with Gasteiger partial charge < -0.3 is 15.1 Å². The Morgan fingerprint density at radius 3 is 2.20 bits per heavy atom. The average molecular weight is 284 g/mol. The topological polar surface area (TPSA) is 21.8 Å². The van der Waals surface area contributed by atoms with E-state index in [2.05, 4.69) is 48.0 Å². The molecule has 0 aliphatic carbocycles. The summed E-state index contributed by atoms with van der Waals surface area (Å²) in [4.78, 5) is 7.51. The summed E-state index contributed by atoms with van der Waals surface area (Å²) in [5.74, 6) is 0. The lowest BCUT2D eigenvalue weighted by Crippen LogP contribution is -2.48. The van der Waals surface area contributed by atoms with Crippen molar-refractivity contribution < 1.29 is 0 Å². The molecule has 1 heterocycles. The zero-order chi connectivity index (χ0) is 14.8. The van der Waals surface area contributed by atoms with Gasteiger partial charge in [-0.2, -0.15) is 0 Å². The van der Waals surface area contributed by atoms with Crippen molar-refractivity contribution in [2.45, 2.75) is 39.2 Å². The van der Waals surface area contributed by atoms with Gasteiger partial charge in [0.15, 0.2) is 0 Å². The van der Waals surface area contributed by atoms with Gasteiger partial charge in [0.05, 0.1) is 0 Å². The van der Waals surface area contributed by atoms with Gasteiger partial charge in [0.2, 0.25) is 0 Å². The molecule has 0 saturated carbocycles. The number of hydrogen-bond acceptors (Lipinski definition) is 4. The van der Waals surface area contributed by atoms with Gasteiger partial charge in [-0.05, 0) is 53.4 Å². The van der Waals surface area contributed by atoms with Crippen LogP contribution in [0.4, 0.5) is 0 Å². The molecule has 0 radical (unpaired) electrons. The molecule has 1 aliphatic heterocycles. The van der Waals surface area contributed by atoms with Crippen molar-refractivity contribution in [2.75, 3.05) is 66.5 Å². The largest absolute Gasteiger partial charge is 0.314 e. The third-order valence-corrected chi connectivity index (χ3v) is 4.18. The summed E-state index contributed by atoms with van der Waals surface area (Å²) in [6.07, 6.45) is 3.87. The zero-order valence-electron chi connectivity index (χ0n) is 14.2. The summed E-state index contributed by atoms with van der Waals surface area (Å²) < 4.78 is 0. The Hall–Kier alpha value is -0.160. The molecule has 0 amide bonds. The van der Waals surface area contributed by atoms with Crippen LogP contribution in [0.2, 0.25) is 0 Å². The van der Waals surface area contributed by atoms with Crippen molar-refractivity contribution in [2.24, 2.45) is 0 Å². The maximum Gasteiger partial charge on any atom is 0.0110 e. The van der Waals surface area contributed by atoms with Gasteiger partial charge in [0, 0.05) is 45.3 Å². The molecule has 1 fully saturated rings. The lowest BCUT2D eigenvalue weighted by Gasteiger charge is -2.35. The second-order valence-corrected chi connectivity index (χ2v) is 6.48. The van der Waals surface area contributed by atoms with E-state index >= 15 is 0 Å². The SMILES string of the molecule is CCCNC(C)CCCN1CCN(CCN(C)C)CC1. The van der Waals surface area contributed by atoms with Gasteiger partial charge in [-0.3, -0.25) is 4.90 Å². The van der Waals surface area contributed by atoms with E-state index in [1.165, 1.54) is 65.1 Å². The van der Waals surface area contributed by atoms with E-state index in [0.717, 1.165) is 6.54 Å². The minimum Gasteiger partial charge on any atom is -0.314 e. The van der Waals surface area contributed by atoms with E-state index in [1.54, 1.807) is 0 Å². The minimum atomic E-state index is 0.677. The fourth-order valence-corrected chi connectivity index (χ4v) is 2.69. The summed E-state index contributed by atoms with van der Waals surface area (Å²) >= 11 is 0. The Balaban J connectivity index is 2.02. The molecule has 4 nitrogen and oxygen atoms in total. The predicted octanol–water partition coefficient (Wildman–Crippen LogP) is 1.33. The molecule has 0 aromatic rings. The summed E-state index contributed by atoms with van der Waals surface area (Å²) in [6, 6.07) is 0.677. The van der Waals surface area contributed by atoms with Crippen LogP contribution in [0.3, 0.4) is 0 Å². The predicted molar refractivity (Wildman–Crippen MR) is 88.4 cm³/mol. The maximum absolute atomic E-state index is 3.57.